The van der Waals surface area contributed by atoms with Crippen LogP contribution in [0, 0.1) is 0 Å². The Bertz CT molecular complexity index is 24.3. The van der Waals surface area contributed by atoms with Crippen molar-refractivity contribution in [3.8, 4) is 0 Å². The van der Waals surface area contributed by atoms with E-state index in [0.29, 0.717) is 0 Å². The van der Waals surface area contributed by atoms with Crippen molar-refractivity contribution in [2.45, 2.75) is 19.3 Å². The van der Waals surface area contributed by atoms with Gasteiger partial charge >= 0.3 is 0 Å². The third kappa shape index (κ3) is 10.8. The highest BCUT2D eigenvalue weighted by Crippen LogP contribution is 2.02. The molecule has 0 aromatic rings. The summed E-state index contributed by atoms with van der Waals surface area (Å²) in [5, 5.41) is 14.0. The molecule has 0 spiro atoms. The molecule has 3 heteroatoms. The van der Waals surface area contributed by atoms with Crippen LogP contribution in [0.15, 0.2) is 0 Å². The van der Waals surface area contributed by atoms with E-state index in [9.17, 15) is 0 Å². The molecule has 1 saturated heterocycles. The molecule has 1 rings (SSSR count). The van der Waals surface area contributed by atoms with E-state index in [1.165, 1.54) is 19.3 Å². The summed E-state index contributed by atoms with van der Waals surface area (Å²) in [5.74, 6) is 0. The van der Waals surface area contributed by atoms with Crippen LogP contribution in [-0.4, -0.2) is 37.6 Å². The van der Waals surface area contributed by atoms with E-state index >= 15 is 0 Å². The van der Waals surface area contributed by atoms with Gasteiger partial charge in [0.25, 0.3) is 0 Å². The van der Waals surface area contributed by atoms with Crippen LogP contribution in [0.4, 0.5) is 0 Å². The van der Waals surface area contributed by atoms with E-state index < -0.39 is 0 Å². The molecule has 10 heavy (non-hydrogen) atoms. The Morgan fingerprint density at radius 1 is 0.800 bits per heavy atom. The Morgan fingerprint density at radius 3 is 1.30 bits per heavy atom. The molecule has 1 heterocycles. The predicted octanol–water partition coefficient (Wildman–Crippen LogP) is 0.404. The van der Waals surface area contributed by atoms with Crippen LogP contribution in [0.25, 0.3) is 0 Å². The second-order valence-electron chi connectivity index (χ2n) is 1.67. The molecule has 1 aliphatic rings. The van der Waals surface area contributed by atoms with Gasteiger partial charge in [0.15, 0.2) is 0 Å². The second kappa shape index (κ2) is 15.9. The SMILES string of the molecule is C1CCOCC1.CO.CO. The van der Waals surface area contributed by atoms with Gasteiger partial charge in [-0.25, -0.2) is 0 Å². The maximum Gasteiger partial charge on any atom is 0.0466 e. The molecule has 0 unspecified atom stereocenters. The maximum absolute atomic E-state index is 7.00. The van der Waals surface area contributed by atoms with Crippen LogP contribution >= 0.6 is 0 Å². The highest BCUT2D eigenvalue weighted by Gasteiger charge is 1.94. The van der Waals surface area contributed by atoms with Gasteiger partial charge in [-0.2, -0.15) is 0 Å². The molecule has 3 nitrogen and oxygen atoms in total. The number of ether oxygens (including phenoxy) is 1. The minimum absolute atomic E-state index is 1.00. The Morgan fingerprint density at radius 2 is 1.20 bits per heavy atom. The first kappa shape index (κ1) is 12.5. The number of aliphatic hydroxyl groups excluding tert-OH is 2. The lowest BCUT2D eigenvalue weighted by atomic mass is 10.2. The molecule has 0 atom stereocenters. The fourth-order valence-electron chi connectivity index (χ4n) is 0.687. The Kier molecular flexibility index (Phi) is 20.0. The van der Waals surface area contributed by atoms with Crippen molar-refractivity contribution in [3.63, 3.8) is 0 Å². The molecule has 0 aliphatic carbocycles. The Hall–Kier alpha value is -0.120. The van der Waals surface area contributed by atoms with E-state index in [1.807, 2.05) is 0 Å². The summed E-state index contributed by atoms with van der Waals surface area (Å²) >= 11 is 0. The summed E-state index contributed by atoms with van der Waals surface area (Å²) in [6, 6.07) is 0. The summed E-state index contributed by atoms with van der Waals surface area (Å²) in [6.45, 7) is 2.00. The highest BCUT2D eigenvalue weighted by molar-refractivity contribution is 4.45. The topological polar surface area (TPSA) is 49.7 Å². The van der Waals surface area contributed by atoms with Gasteiger partial charge in [-0.3, -0.25) is 0 Å². The van der Waals surface area contributed by atoms with Crippen molar-refractivity contribution in [1.29, 1.82) is 0 Å². The molecule has 0 bridgehead atoms. The summed E-state index contributed by atoms with van der Waals surface area (Å²) in [7, 11) is 2.00. The van der Waals surface area contributed by atoms with Gasteiger partial charge in [0, 0.05) is 27.4 Å². The molecule has 0 amide bonds. The van der Waals surface area contributed by atoms with Gasteiger partial charge in [0.1, 0.15) is 0 Å². The predicted molar refractivity (Wildman–Crippen MR) is 41.0 cm³/mol. The highest BCUT2D eigenvalue weighted by atomic mass is 16.5. The van der Waals surface area contributed by atoms with Crippen LogP contribution in [0.5, 0.6) is 0 Å². The van der Waals surface area contributed by atoms with Gasteiger partial charge < -0.3 is 14.9 Å². The molecule has 0 saturated carbocycles. The lowest BCUT2D eigenvalue weighted by Gasteiger charge is -2.08. The summed E-state index contributed by atoms with van der Waals surface area (Å²) < 4.78 is 5.07. The quantitative estimate of drug-likeness (QED) is 0.525. The molecule has 2 N–H and O–H groups in total. The molecule has 0 aromatic heterocycles. The van der Waals surface area contributed by atoms with Crippen LogP contribution in [0.2, 0.25) is 0 Å². The molecule has 1 fully saturated rings. The first-order valence-corrected chi connectivity index (χ1v) is 3.47. The molecular weight excluding hydrogens is 132 g/mol. The molecule has 1 aliphatic heterocycles. The fourth-order valence-corrected chi connectivity index (χ4v) is 0.687. The zero-order valence-corrected chi connectivity index (χ0v) is 6.84. The average molecular weight is 150 g/mol. The largest absolute Gasteiger partial charge is 0.400 e. The summed E-state index contributed by atoms with van der Waals surface area (Å²) in [4.78, 5) is 0. The lowest BCUT2D eigenvalue weighted by molar-refractivity contribution is 0.0968. The monoisotopic (exact) mass is 150 g/mol. The van der Waals surface area contributed by atoms with Gasteiger partial charge in [-0.15, -0.1) is 0 Å². The van der Waals surface area contributed by atoms with Crippen molar-refractivity contribution < 1.29 is 14.9 Å². The first-order valence-electron chi connectivity index (χ1n) is 3.47. The van der Waals surface area contributed by atoms with Crippen LogP contribution in [0.1, 0.15) is 19.3 Å². The second-order valence-corrected chi connectivity index (χ2v) is 1.67. The van der Waals surface area contributed by atoms with E-state index in [-0.39, 0.29) is 0 Å². The third-order valence-electron chi connectivity index (χ3n) is 1.08. The minimum atomic E-state index is 1.00. The van der Waals surface area contributed by atoms with Crippen molar-refractivity contribution in [2.75, 3.05) is 27.4 Å². The molecular formula is C7H18O3. The lowest BCUT2D eigenvalue weighted by Crippen LogP contribution is -2.03. The standard InChI is InChI=1S/C5H10O.2CH4O/c1-2-4-6-5-3-1;2*1-2/h1-5H2;2*2H,1H3. The molecule has 0 aromatic carbocycles. The third-order valence-corrected chi connectivity index (χ3v) is 1.08. The fraction of sp³-hybridized carbons (Fsp3) is 1.00. The van der Waals surface area contributed by atoms with Gasteiger partial charge in [-0.05, 0) is 19.3 Å². The number of aliphatic hydroxyl groups is 2. The summed E-state index contributed by atoms with van der Waals surface area (Å²) in [6.07, 6.45) is 3.93. The normalized spacial score (nSPS) is 15.6. The van der Waals surface area contributed by atoms with Gasteiger partial charge in [0.2, 0.25) is 0 Å². The zero-order chi connectivity index (χ0) is 8.24. The number of hydrogen-bond acceptors (Lipinski definition) is 3. The van der Waals surface area contributed by atoms with Crippen molar-refractivity contribution in [1.82, 2.24) is 0 Å². The minimum Gasteiger partial charge on any atom is -0.400 e. The van der Waals surface area contributed by atoms with Crippen molar-refractivity contribution in [2.24, 2.45) is 0 Å². The van der Waals surface area contributed by atoms with Crippen LogP contribution < -0.4 is 0 Å². The van der Waals surface area contributed by atoms with Crippen molar-refractivity contribution >= 4 is 0 Å². The summed E-state index contributed by atoms with van der Waals surface area (Å²) in [5.41, 5.74) is 0. The average Bonchev–Trinajstić information content (AvgIpc) is 2.14. The van der Waals surface area contributed by atoms with Gasteiger partial charge in [-0.1, -0.05) is 0 Å². The van der Waals surface area contributed by atoms with E-state index in [1.54, 1.807) is 0 Å². The van der Waals surface area contributed by atoms with E-state index in [4.69, 9.17) is 14.9 Å². The smallest absolute Gasteiger partial charge is 0.0466 e. The van der Waals surface area contributed by atoms with Crippen molar-refractivity contribution in [3.05, 3.63) is 0 Å². The number of rotatable bonds is 0. The molecule has 64 valence electrons. The zero-order valence-electron chi connectivity index (χ0n) is 6.84. The molecule has 0 radical (unpaired) electrons. The maximum atomic E-state index is 7.00. The Balaban J connectivity index is 0. The van der Waals surface area contributed by atoms with Crippen LogP contribution in [-0.2, 0) is 4.74 Å². The van der Waals surface area contributed by atoms with Crippen LogP contribution in [0.3, 0.4) is 0 Å². The first-order chi connectivity index (χ1) is 5.00. The van der Waals surface area contributed by atoms with E-state index in [0.717, 1.165) is 27.4 Å². The van der Waals surface area contributed by atoms with E-state index in [2.05, 4.69) is 0 Å². The van der Waals surface area contributed by atoms with Gasteiger partial charge in [0.05, 0.1) is 0 Å². The number of hydrogen-bond donors (Lipinski definition) is 2. The Labute approximate surface area is 62.6 Å².